The van der Waals surface area contributed by atoms with Crippen LogP contribution in [0.25, 0.3) is 0 Å². The van der Waals surface area contributed by atoms with Crippen molar-refractivity contribution in [3.8, 4) is 0 Å². The van der Waals surface area contributed by atoms with E-state index >= 15 is 0 Å². The number of nitrogens with two attached hydrogens (primary N) is 1. The molecule has 170 valence electrons. The third kappa shape index (κ3) is 7.33. The zero-order chi connectivity index (χ0) is 22.5. The van der Waals surface area contributed by atoms with Gasteiger partial charge < -0.3 is 16.3 Å². The molecule has 11 heteroatoms. The molecule has 0 spiro atoms. The Hall–Kier alpha value is -2.05. The van der Waals surface area contributed by atoms with Gasteiger partial charge in [-0.3, -0.25) is 4.55 Å². The quantitative estimate of drug-likeness (QED) is 0.455. The molecule has 2 aromatic carbocycles. The van der Waals surface area contributed by atoms with E-state index in [9.17, 15) is 26.0 Å². The molecule has 30 heavy (non-hydrogen) atoms. The largest absolute Gasteiger partial charge is 0.412 e. The molecule has 0 saturated carbocycles. The number of halogens is 4. The number of hydrogen-bond acceptors (Lipinski definition) is 4. The monoisotopic (exact) mass is 455 g/mol. The molecule has 0 aliphatic carbocycles. The zero-order valence-corrected chi connectivity index (χ0v) is 17.1. The van der Waals surface area contributed by atoms with Gasteiger partial charge in [-0.15, -0.1) is 0 Å². The van der Waals surface area contributed by atoms with E-state index in [1.807, 2.05) is 0 Å². The molecule has 0 saturated heterocycles. The number of benzene rings is 2. The molecule has 0 amide bonds. The second kappa shape index (κ2) is 10.3. The van der Waals surface area contributed by atoms with Crippen LogP contribution in [0, 0.1) is 0 Å². The highest BCUT2D eigenvalue weighted by Crippen LogP contribution is 2.49. The first-order valence-electron chi connectivity index (χ1n) is 8.40. The van der Waals surface area contributed by atoms with E-state index in [2.05, 4.69) is 0 Å². The minimum absolute atomic E-state index is 0. The molecule has 0 atom stereocenters. The molecule has 0 aromatic heterocycles. The Kier molecular flexibility index (Phi) is 9.61. The molecule has 0 aliphatic heterocycles. The Morgan fingerprint density at radius 2 is 1.20 bits per heavy atom. The molecule has 6 nitrogen and oxygen atoms in total. The Morgan fingerprint density at radius 1 is 0.833 bits per heavy atom. The summed E-state index contributed by atoms with van der Waals surface area (Å²) in [7, 11) is -3.92. The lowest BCUT2D eigenvalue weighted by Crippen LogP contribution is -2.36. The fourth-order valence-corrected chi connectivity index (χ4v) is 2.47. The summed E-state index contributed by atoms with van der Waals surface area (Å²) in [6.07, 6.45) is 0. The van der Waals surface area contributed by atoms with Gasteiger partial charge in [0.25, 0.3) is 10.1 Å². The van der Waals surface area contributed by atoms with Crippen LogP contribution in [0.4, 0.5) is 17.6 Å². The second-order valence-electron chi connectivity index (χ2n) is 6.82. The average Bonchev–Trinajstić information content (AvgIpc) is 2.61. The molecule has 2 aromatic rings. The summed E-state index contributed by atoms with van der Waals surface area (Å²) in [4.78, 5) is 0. The summed E-state index contributed by atoms with van der Waals surface area (Å²) in [5.74, 6) is -9.19. The molecular formula is C19H25F4NO5S. The van der Waals surface area contributed by atoms with Crippen molar-refractivity contribution in [3.05, 3.63) is 71.3 Å². The van der Waals surface area contributed by atoms with Crippen molar-refractivity contribution in [1.82, 2.24) is 0 Å². The van der Waals surface area contributed by atoms with Crippen molar-refractivity contribution < 1.29 is 41.1 Å². The number of alkyl halides is 4. The van der Waals surface area contributed by atoms with Gasteiger partial charge in [-0.1, -0.05) is 54.6 Å². The lowest BCUT2D eigenvalue weighted by molar-refractivity contribution is -0.223. The van der Waals surface area contributed by atoms with Crippen LogP contribution in [0.5, 0.6) is 0 Å². The maximum absolute atomic E-state index is 14.3. The fraction of sp³-hybridized carbons (Fsp3) is 0.368. The highest BCUT2D eigenvalue weighted by molar-refractivity contribution is 7.85. The number of aliphatic hydroxyl groups is 1. The first-order chi connectivity index (χ1) is 13.1. The van der Waals surface area contributed by atoms with Crippen molar-refractivity contribution in [2.45, 2.75) is 31.2 Å². The van der Waals surface area contributed by atoms with Gasteiger partial charge in [-0.25, -0.2) is 0 Å². The maximum atomic E-state index is 14.3. The van der Waals surface area contributed by atoms with Gasteiger partial charge in [-0.2, -0.15) is 26.0 Å². The Bertz CT molecular complexity index is 883. The number of aliphatic hydroxyl groups excluding tert-OH is 1. The minimum Gasteiger partial charge on any atom is -0.412 e. The third-order valence-corrected chi connectivity index (χ3v) is 4.57. The van der Waals surface area contributed by atoms with Crippen molar-refractivity contribution in [1.29, 1.82) is 0 Å². The third-order valence-electron chi connectivity index (χ3n) is 3.87. The molecular weight excluding hydrogens is 430 g/mol. The smallest absolute Gasteiger partial charge is 0.339 e. The van der Waals surface area contributed by atoms with Crippen molar-refractivity contribution in [3.63, 3.8) is 0 Å². The molecule has 0 fully saturated rings. The number of rotatable bonds is 6. The lowest BCUT2D eigenvalue weighted by Gasteiger charge is -2.28. The van der Waals surface area contributed by atoms with E-state index in [0.29, 0.717) is 5.56 Å². The van der Waals surface area contributed by atoms with Gasteiger partial charge in [0.1, 0.15) is 0 Å². The van der Waals surface area contributed by atoms with Crippen LogP contribution >= 0.6 is 0 Å². The van der Waals surface area contributed by atoms with Gasteiger partial charge in [0.2, 0.25) is 0 Å². The predicted molar refractivity (Wildman–Crippen MR) is 105 cm³/mol. The summed E-state index contributed by atoms with van der Waals surface area (Å²) in [5, 5.41) is 7.86. The van der Waals surface area contributed by atoms with Crippen molar-refractivity contribution in [2.75, 3.05) is 12.4 Å². The van der Waals surface area contributed by atoms with E-state index in [4.69, 9.17) is 15.4 Å². The summed E-state index contributed by atoms with van der Waals surface area (Å²) in [5.41, 5.74) is 4.26. The number of hydrogen-bond donors (Lipinski definition) is 3. The highest BCUT2D eigenvalue weighted by Gasteiger charge is 2.58. The molecule has 6 N–H and O–H groups in total. The summed E-state index contributed by atoms with van der Waals surface area (Å²) < 4.78 is 84.0. The average molecular weight is 455 g/mol. The van der Waals surface area contributed by atoms with Crippen LogP contribution in [-0.2, 0) is 27.5 Å². The van der Waals surface area contributed by atoms with Gasteiger partial charge in [0, 0.05) is 16.7 Å². The SMILES string of the molecule is CC(C)(N)c1ccc(C(F)(F)C(F)(F)c2ccccc2)cc1.O.O=S(=O)(O)CCO. The highest BCUT2D eigenvalue weighted by atomic mass is 32.2. The van der Waals surface area contributed by atoms with Crippen molar-refractivity contribution >= 4 is 10.1 Å². The Morgan fingerprint density at radius 3 is 1.50 bits per heavy atom. The topological polar surface area (TPSA) is 132 Å². The lowest BCUT2D eigenvalue weighted by atomic mass is 9.91. The van der Waals surface area contributed by atoms with Gasteiger partial charge in [0.15, 0.2) is 0 Å². The van der Waals surface area contributed by atoms with Crippen LogP contribution in [0.3, 0.4) is 0 Å². The van der Waals surface area contributed by atoms with Crippen LogP contribution in [0.2, 0.25) is 0 Å². The van der Waals surface area contributed by atoms with Gasteiger partial charge in [-0.05, 0) is 19.4 Å². The van der Waals surface area contributed by atoms with Gasteiger partial charge >= 0.3 is 11.8 Å². The van der Waals surface area contributed by atoms with Crippen LogP contribution < -0.4 is 5.73 Å². The second-order valence-corrected chi connectivity index (χ2v) is 8.40. The normalized spacial score (nSPS) is 12.4. The molecule has 0 heterocycles. The first kappa shape index (κ1) is 27.9. The van der Waals surface area contributed by atoms with Gasteiger partial charge in [0.05, 0.1) is 12.4 Å². The first-order valence-corrected chi connectivity index (χ1v) is 10.0. The fourth-order valence-electron chi connectivity index (χ4n) is 2.23. The summed E-state index contributed by atoms with van der Waals surface area (Å²) in [6, 6.07) is 10.8. The molecule has 0 bridgehead atoms. The molecule has 0 unspecified atom stereocenters. The molecule has 0 radical (unpaired) electrons. The predicted octanol–water partition coefficient (Wildman–Crippen LogP) is 2.81. The van der Waals surface area contributed by atoms with E-state index in [0.717, 1.165) is 24.3 Å². The maximum Gasteiger partial charge on any atom is 0.339 e. The van der Waals surface area contributed by atoms with Crippen LogP contribution in [0.15, 0.2) is 54.6 Å². The van der Waals surface area contributed by atoms with Crippen LogP contribution in [-0.4, -0.2) is 35.9 Å². The van der Waals surface area contributed by atoms with E-state index in [1.165, 1.54) is 30.3 Å². The van der Waals surface area contributed by atoms with Crippen molar-refractivity contribution in [2.24, 2.45) is 5.73 Å². The standard InChI is InChI=1S/C17H17F4N.C2H6O4S.H2O/c1-15(2,22)12-8-10-14(11-9-12)17(20,21)16(18,19)13-6-4-3-5-7-13;3-1-2-7(4,5)6;/h3-11H,22H2,1-2H3;3H,1-2H2,(H,4,5,6);1H2. The van der Waals surface area contributed by atoms with E-state index in [1.54, 1.807) is 13.8 Å². The zero-order valence-electron chi connectivity index (χ0n) is 16.3. The minimum atomic E-state index is -4.31. The Balaban J connectivity index is 0.000000909. The van der Waals surface area contributed by atoms with E-state index < -0.39 is 51.0 Å². The van der Waals surface area contributed by atoms with Crippen LogP contribution in [0.1, 0.15) is 30.5 Å². The molecule has 0 aliphatic rings. The molecule has 2 rings (SSSR count). The summed E-state index contributed by atoms with van der Waals surface area (Å²) >= 11 is 0. The Labute approximate surface area is 172 Å². The summed E-state index contributed by atoms with van der Waals surface area (Å²) in [6.45, 7) is 2.89. The van der Waals surface area contributed by atoms with E-state index in [-0.39, 0.29) is 5.48 Å².